The standard InChI is InChI=1S/C16H18BrFN4O/c17-15-4-3-13(18)8-12(15)9-20-16(23)21-6-1-2-14(10-21)22-7-5-19-11-22/h3-5,7-8,11,14H,1-2,6,9-10H2,(H,20,23). The average molecular weight is 381 g/mol. The van der Waals surface area contributed by atoms with Crippen LogP contribution in [0.5, 0.6) is 0 Å². The first-order valence-corrected chi connectivity index (χ1v) is 8.37. The minimum atomic E-state index is -0.310. The zero-order valence-electron chi connectivity index (χ0n) is 12.6. The Labute approximate surface area is 142 Å². The molecule has 2 heterocycles. The Hall–Kier alpha value is -1.89. The molecule has 23 heavy (non-hydrogen) atoms. The molecule has 122 valence electrons. The molecule has 0 saturated carbocycles. The smallest absolute Gasteiger partial charge is 0.317 e. The number of likely N-dealkylation sites (tertiary alicyclic amines) is 1. The van der Waals surface area contributed by atoms with Crippen LogP contribution in [0.15, 0.2) is 41.4 Å². The Kier molecular flexibility index (Phi) is 4.95. The number of nitrogens with one attached hydrogen (secondary N) is 1. The van der Waals surface area contributed by atoms with E-state index in [0.29, 0.717) is 13.1 Å². The topological polar surface area (TPSA) is 50.2 Å². The van der Waals surface area contributed by atoms with Gasteiger partial charge in [0.2, 0.25) is 0 Å². The average Bonchev–Trinajstić information content (AvgIpc) is 3.10. The van der Waals surface area contributed by atoms with Crippen LogP contribution >= 0.6 is 15.9 Å². The lowest BCUT2D eigenvalue weighted by atomic mass is 10.1. The number of aromatic nitrogens is 2. The Morgan fingerprint density at radius 1 is 1.48 bits per heavy atom. The van der Waals surface area contributed by atoms with E-state index in [4.69, 9.17) is 0 Å². The molecule has 7 heteroatoms. The molecule has 0 radical (unpaired) electrons. The van der Waals surface area contributed by atoms with Crippen molar-refractivity contribution in [3.05, 3.63) is 52.8 Å². The van der Waals surface area contributed by atoms with Gasteiger partial charge in [0.1, 0.15) is 5.82 Å². The molecule has 0 spiro atoms. The van der Waals surface area contributed by atoms with Crippen molar-refractivity contribution in [2.24, 2.45) is 0 Å². The van der Waals surface area contributed by atoms with E-state index in [0.717, 1.165) is 29.4 Å². The van der Waals surface area contributed by atoms with Crippen LogP contribution in [0.25, 0.3) is 0 Å². The summed E-state index contributed by atoms with van der Waals surface area (Å²) in [6.45, 7) is 1.69. The molecular formula is C16H18BrFN4O. The molecule has 1 atom stereocenters. The number of nitrogens with zero attached hydrogens (tertiary/aromatic N) is 3. The van der Waals surface area contributed by atoms with E-state index in [1.165, 1.54) is 12.1 Å². The Bertz CT molecular complexity index is 677. The summed E-state index contributed by atoms with van der Waals surface area (Å²) >= 11 is 3.37. The molecule has 1 N–H and O–H groups in total. The SMILES string of the molecule is O=C(NCc1cc(F)ccc1Br)N1CCCC(n2ccnc2)C1. The van der Waals surface area contributed by atoms with Crippen molar-refractivity contribution in [1.82, 2.24) is 19.8 Å². The van der Waals surface area contributed by atoms with Gasteiger partial charge in [0.05, 0.1) is 12.4 Å². The van der Waals surface area contributed by atoms with Gasteiger partial charge in [-0.05, 0) is 36.6 Å². The van der Waals surface area contributed by atoms with Crippen molar-refractivity contribution in [3.8, 4) is 0 Å². The van der Waals surface area contributed by atoms with Crippen molar-refractivity contribution in [3.63, 3.8) is 0 Å². The summed E-state index contributed by atoms with van der Waals surface area (Å²) in [5.74, 6) is -0.310. The summed E-state index contributed by atoms with van der Waals surface area (Å²) in [5, 5.41) is 2.87. The number of rotatable bonds is 3. The number of carbonyl (C=O) groups excluding carboxylic acids is 1. The Morgan fingerprint density at radius 3 is 3.13 bits per heavy atom. The number of hydrogen-bond acceptors (Lipinski definition) is 2. The van der Waals surface area contributed by atoms with E-state index in [2.05, 4.69) is 26.2 Å². The molecule has 1 aromatic heterocycles. The van der Waals surface area contributed by atoms with E-state index in [1.807, 2.05) is 10.8 Å². The van der Waals surface area contributed by atoms with Gasteiger partial charge in [0.25, 0.3) is 0 Å². The maximum Gasteiger partial charge on any atom is 0.317 e. The van der Waals surface area contributed by atoms with Crippen LogP contribution in [0.2, 0.25) is 0 Å². The molecule has 1 aromatic carbocycles. The lowest BCUT2D eigenvalue weighted by Gasteiger charge is -2.33. The van der Waals surface area contributed by atoms with Gasteiger partial charge in [-0.25, -0.2) is 14.2 Å². The van der Waals surface area contributed by atoms with Crippen molar-refractivity contribution in [2.45, 2.75) is 25.4 Å². The first-order valence-electron chi connectivity index (χ1n) is 7.57. The lowest BCUT2D eigenvalue weighted by molar-refractivity contribution is 0.166. The highest BCUT2D eigenvalue weighted by Gasteiger charge is 2.24. The first kappa shape index (κ1) is 16.0. The predicted molar refractivity (Wildman–Crippen MR) is 88.4 cm³/mol. The van der Waals surface area contributed by atoms with E-state index >= 15 is 0 Å². The number of benzene rings is 1. The third-order valence-electron chi connectivity index (χ3n) is 4.07. The number of amides is 2. The highest BCUT2D eigenvalue weighted by atomic mass is 79.9. The van der Waals surface area contributed by atoms with Crippen LogP contribution in [0.3, 0.4) is 0 Å². The van der Waals surface area contributed by atoms with Crippen LogP contribution in [0.1, 0.15) is 24.4 Å². The number of carbonyl (C=O) groups is 1. The third-order valence-corrected chi connectivity index (χ3v) is 4.84. The Balaban J connectivity index is 1.58. The summed E-state index contributed by atoms with van der Waals surface area (Å²) in [6, 6.07) is 4.60. The van der Waals surface area contributed by atoms with E-state index < -0.39 is 0 Å². The zero-order valence-corrected chi connectivity index (χ0v) is 14.2. The summed E-state index contributed by atoms with van der Waals surface area (Å²) in [5.41, 5.74) is 0.724. The Morgan fingerprint density at radius 2 is 2.35 bits per heavy atom. The van der Waals surface area contributed by atoms with Crippen molar-refractivity contribution in [1.29, 1.82) is 0 Å². The lowest BCUT2D eigenvalue weighted by Crippen LogP contribution is -2.45. The third kappa shape index (κ3) is 3.90. The molecule has 1 unspecified atom stereocenters. The zero-order chi connectivity index (χ0) is 16.2. The predicted octanol–water partition coefficient (Wildman–Crippen LogP) is 3.33. The summed E-state index contributed by atoms with van der Waals surface area (Å²) in [6.07, 6.45) is 7.46. The molecule has 2 amide bonds. The fourth-order valence-electron chi connectivity index (χ4n) is 2.83. The highest BCUT2D eigenvalue weighted by molar-refractivity contribution is 9.10. The van der Waals surface area contributed by atoms with Gasteiger partial charge in [-0.15, -0.1) is 0 Å². The van der Waals surface area contributed by atoms with Gasteiger partial charge in [-0.1, -0.05) is 15.9 Å². The largest absolute Gasteiger partial charge is 0.334 e. The van der Waals surface area contributed by atoms with Gasteiger partial charge in [0, 0.05) is 36.5 Å². The van der Waals surface area contributed by atoms with E-state index in [9.17, 15) is 9.18 Å². The number of piperidine rings is 1. The molecule has 1 aliphatic heterocycles. The minimum Gasteiger partial charge on any atom is -0.334 e. The fraction of sp³-hybridized carbons (Fsp3) is 0.375. The molecular weight excluding hydrogens is 363 g/mol. The first-order chi connectivity index (χ1) is 11.1. The second kappa shape index (κ2) is 7.12. The maximum atomic E-state index is 13.3. The highest BCUT2D eigenvalue weighted by Crippen LogP contribution is 2.21. The van der Waals surface area contributed by atoms with E-state index in [-0.39, 0.29) is 17.9 Å². The molecule has 1 fully saturated rings. The summed E-state index contributed by atoms with van der Waals surface area (Å²) in [7, 11) is 0. The van der Waals surface area contributed by atoms with Gasteiger partial charge in [0.15, 0.2) is 0 Å². The van der Waals surface area contributed by atoms with Crippen LogP contribution in [-0.2, 0) is 6.54 Å². The number of halogens is 2. The minimum absolute atomic E-state index is 0.119. The van der Waals surface area contributed by atoms with Gasteiger partial charge < -0.3 is 14.8 Å². The summed E-state index contributed by atoms with van der Waals surface area (Å²) in [4.78, 5) is 18.2. The van der Waals surface area contributed by atoms with Crippen molar-refractivity contribution >= 4 is 22.0 Å². The molecule has 3 rings (SSSR count). The molecule has 2 aromatic rings. The maximum absolute atomic E-state index is 13.3. The molecule has 1 aliphatic rings. The second-order valence-corrected chi connectivity index (χ2v) is 6.50. The fourth-order valence-corrected chi connectivity index (χ4v) is 3.22. The molecule has 1 saturated heterocycles. The van der Waals surface area contributed by atoms with Crippen LogP contribution in [0, 0.1) is 5.82 Å². The molecule has 5 nitrogen and oxygen atoms in total. The summed E-state index contributed by atoms with van der Waals surface area (Å²) < 4.78 is 16.1. The van der Waals surface area contributed by atoms with Crippen LogP contribution in [0.4, 0.5) is 9.18 Å². The van der Waals surface area contributed by atoms with Gasteiger partial charge in [-0.2, -0.15) is 0 Å². The number of urea groups is 1. The second-order valence-electron chi connectivity index (χ2n) is 5.65. The van der Waals surface area contributed by atoms with Gasteiger partial charge >= 0.3 is 6.03 Å². The van der Waals surface area contributed by atoms with Crippen LogP contribution < -0.4 is 5.32 Å². The molecule has 0 bridgehead atoms. The van der Waals surface area contributed by atoms with Gasteiger partial charge in [-0.3, -0.25) is 0 Å². The van der Waals surface area contributed by atoms with Crippen LogP contribution in [-0.4, -0.2) is 33.6 Å². The van der Waals surface area contributed by atoms with E-state index in [1.54, 1.807) is 23.5 Å². The normalized spacial score (nSPS) is 18.0. The monoisotopic (exact) mass is 380 g/mol. The number of imidazole rings is 1. The molecule has 0 aliphatic carbocycles. The quantitative estimate of drug-likeness (QED) is 0.887. The number of hydrogen-bond donors (Lipinski definition) is 1. The van der Waals surface area contributed by atoms with Crippen molar-refractivity contribution in [2.75, 3.05) is 13.1 Å². The van der Waals surface area contributed by atoms with Crippen molar-refractivity contribution < 1.29 is 9.18 Å².